The average Bonchev–Trinajstić information content (AvgIpc) is 3.24. The normalized spacial score (nSPS) is 10.9. The second kappa shape index (κ2) is 12.1. The monoisotopic (exact) mass is 487 g/mol. The fraction of sp³-hybridized carbons (Fsp3) is 0.310. The SMILES string of the molecule is COc1ccc(OCCCn2c(CCNC(=O)COc3cc(C)ccc3C)nc3ccccc32)cc1. The van der Waals surface area contributed by atoms with Crippen LogP contribution in [-0.4, -0.2) is 42.3 Å². The maximum atomic E-state index is 12.4. The number of methoxy groups -OCH3 is 1. The average molecular weight is 488 g/mol. The molecule has 0 aliphatic heterocycles. The van der Waals surface area contributed by atoms with Gasteiger partial charge in [0, 0.05) is 19.5 Å². The molecule has 0 aliphatic carbocycles. The molecule has 4 aromatic rings. The molecule has 0 bridgehead atoms. The summed E-state index contributed by atoms with van der Waals surface area (Å²) in [5, 5.41) is 2.95. The molecular formula is C29H33N3O4. The number of aromatic nitrogens is 2. The number of carbonyl (C=O) groups excluding carboxylic acids is 1. The number of imidazole rings is 1. The van der Waals surface area contributed by atoms with Crippen molar-refractivity contribution in [2.24, 2.45) is 0 Å². The van der Waals surface area contributed by atoms with Crippen LogP contribution in [0.1, 0.15) is 23.4 Å². The van der Waals surface area contributed by atoms with E-state index in [9.17, 15) is 4.79 Å². The molecule has 0 fully saturated rings. The van der Waals surface area contributed by atoms with Crippen LogP contribution in [0.25, 0.3) is 11.0 Å². The van der Waals surface area contributed by atoms with Gasteiger partial charge in [-0.25, -0.2) is 4.98 Å². The van der Waals surface area contributed by atoms with Crippen molar-refractivity contribution in [1.29, 1.82) is 0 Å². The van der Waals surface area contributed by atoms with Crippen LogP contribution in [0.5, 0.6) is 17.2 Å². The van der Waals surface area contributed by atoms with Gasteiger partial charge in [0.25, 0.3) is 5.91 Å². The summed E-state index contributed by atoms with van der Waals surface area (Å²) in [5.74, 6) is 3.16. The van der Waals surface area contributed by atoms with E-state index in [0.717, 1.165) is 58.2 Å². The zero-order valence-electron chi connectivity index (χ0n) is 21.1. The van der Waals surface area contributed by atoms with Crippen LogP contribution in [0.3, 0.4) is 0 Å². The van der Waals surface area contributed by atoms with E-state index >= 15 is 0 Å². The van der Waals surface area contributed by atoms with Crippen molar-refractivity contribution < 1.29 is 19.0 Å². The summed E-state index contributed by atoms with van der Waals surface area (Å²) in [6.07, 6.45) is 1.46. The van der Waals surface area contributed by atoms with E-state index in [1.54, 1.807) is 7.11 Å². The molecule has 0 saturated heterocycles. The van der Waals surface area contributed by atoms with Crippen LogP contribution >= 0.6 is 0 Å². The number of ether oxygens (including phenoxy) is 3. The molecule has 188 valence electrons. The van der Waals surface area contributed by atoms with E-state index in [4.69, 9.17) is 19.2 Å². The Morgan fingerprint density at radius 2 is 1.75 bits per heavy atom. The van der Waals surface area contributed by atoms with Gasteiger partial charge in [-0.1, -0.05) is 24.3 Å². The van der Waals surface area contributed by atoms with Crippen molar-refractivity contribution in [1.82, 2.24) is 14.9 Å². The van der Waals surface area contributed by atoms with Gasteiger partial charge in [0.15, 0.2) is 6.61 Å². The first-order valence-corrected chi connectivity index (χ1v) is 12.2. The maximum Gasteiger partial charge on any atom is 0.257 e. The zero-order chi connectivity index (χ0) is 25.3. The number of benzene rings is 3. The molecule has 0 saturated carbocycles. The highest BCUT2D eigenvalue weighted by Crippen LogP contribution is 2.20. The maximum absolute atomic E-state index is 12.4. The molecule has 1 N–H and O–H groups in total. The van der Waals surface area contributed by atoms with E-state index in [1.807, 2.05) is 74.5 Å². The Hall–Kier alpha value is -4.00. The number of rotatable bonds is 12. The minimum Gasteiger partial charge on any atom is -0.497 e. The van der Waals surface area contributed by atoms with E-state index in [0.29, 0.717) is 19.6 Å². The molecule has 7 nitrogen and oxygen atoms in total. The fourth-order valence-corrected chi connectivity index (χ4v) is 4.02. The minimum absolute atomic E-state index is 0.0105. The van der Waals surface area contributed by atoms with Crippen LogP contribution in [0.4, 0.5) is 0 Å². The van der Waals surface area contributed by atoms with Crippen LogP contribution in [-0.2, 0) is 17.8 Å². The molecule has 7 heteroatoms. The molecule has 1 aromatic heterocycles. The van der Waals surface area contributed by atoms with Crippen LogP contribution in [0.15, 0.2) is 66.7 Å². The van der Waals surface area contributed by atoms with E-state index < -0.39 is 0 Å². The fourth-order valence-electron chi connectivity index (χ4n) is 4.02. The molecule has 0 spiro atoms. The molecule has 0 atom stereocenters. The number of para-hydroxylation sites is 2. The third-order valence-corrected chi connectivity index (χ3v) is 5.96. The van der Waals surface area contributed by atoms with Gasteiger partial charge in [-0.15, -0.1) is 0 Å². The van der Waals surface area contributed by atoms with Gasteiger partial charge < -0.3 is 24.1 Å². The van der Waals surface area contributed by atoms with E-state index in [-0.39, 0.29) is 12.5 Å². The molecule has 1 amide bonds. The first-order valence-electron chi connectivity index (χ1n) is 12.2. The molecule has 3 aromatic carbocycles. The predicted octanol–water partition coefficient (Wildman–Crippen LogP) is 4.87. The van der Waals surface area contributed by atoms with Crippen LogP contribution in [0.2, 0.25) is 0 Å². The van der Waals surface area contributed by atoms with Crippen molar-refractivity contribution >= 4 is 16.9 Å². The Labute approximate surface area is 212 Å². The Kier molecular flexibility index (Phi) is 8.44. The Bertz CT molecular complexity index is 1300. The lowest BCUT2D eigenvalue weighted by Crippen LogP contribution is -2.31. The van der Waals surface area contributed by atoms with Crippen molar-refractivity contribution in [3.8, 4) is 17.2 Å². The number of fused-ring (bicyclic) bond motifs is 1. The van der Waals surface area contributed by atoms with Gasteiger partial charge in [-0.05, 0) is 73.9 Å². The molecule has 1 heterocycles. The summed E-state index contributed by atoms with van der Waals surface area (Å²) in [6, 6.07) is 21.7. The molecule has 0 aliphatic rings. The van der Waals surface area contributed by atoms with E-state index in [1.165, 1.54) is 0 Å². The van der Waals surface area contributed by atoms with Crippen LogP contribution < -0.4 is 19.5 Å². The highest BCUT2D eigenvalue weighted by Gasteiger charge is 2.11. The Balaban J connectivity index is 1.29. The quantitative estimate of drug-likeness (QED) is 0.289. The summed E-state index contributed by atoms with van der Waals surface area (Å²) >= 11 is 0. The summed E-state index contributed by atoms with van der Waals surface area (Å²) in [7, 11) is 1.65. The Morgan fingerprint density at radius 1 is 0.972 bits per heavy atom. The van der Waals surface area contributed by atoms with Crippen molar-refractivity contribution in [2.45, 2.75) is 33.2 Å². The molecular weight excluding hydrogens is 454 g/mol. The largest absolute Gasteiger partial charge is 0.497 e. The summed E-state index contributed by atoms with van der Waals surface area (Å²) in [5.41, 5.74) is 4.15. The zero-order valence-corrected chi connectivity index (χ0v) is 21.1. The third-order valence-electron chi connectivity index (χ3n) is 5.96. The first-order chi connectivity index (χ1) is 17.5. The van der Waals surface area contributed by atoms with Crippen LogP contribution in [0, 0.1) is 13.8 Å². The number of hydrogen-bond acceptors (Lipinski definition) is 5. The standard InChI is InChI=1S/C29H33N3O4/c1-21-9-10-22(2)27(19-21)36-20-29(33)30-16-15-28-31-25-7-4-5-8-26(25)32(28)17-6-18-35-24-13-11-23(34-3)12-14-24/h4-5,7-14,19H,6,15-18,20H2,1-3H3,(H,30,33). The van der Waals surface area contributed by atoms with Gasteiger partial charge in [-0.3, -0.25) is 4.79 Å². The van der Waals surface area contributed by atoms with Gasteiger partial charge in [0.1, 0.15) is 23.1 Å². The van der Waals surface area contributed by atoms with Gasteiger partial charge in [0.2, 0.25) is 0 Å². The van der Waals surface area contributed by atoms with Crippen molar-refractivity contribution in [2.75, 3.05) is 26.9 Å². The van der Waals surface area contributed by atoms with Gasteiger partial charge in [-0.2, -0.15) is 0 Å². The minimum atomic E-state index is -0.147. The summed E-state index contributed by atoms with van der Waals surface area (Å²) in [6.45, 7) is 5.81. The summed E-state index contributed by atoms with van der Waals surface area (Å²) in [4.78, 5) is 17.2. The van der Waals surface area contributed by atoms with E-state index in [2.05, 4.69) is 16.0 Å². The number of nitrogens with zero attached hydrogens (tertiary/aromatic N) is 2. The van der Waals surface area contributed by atoms with Gasteiger partial charge >= 0.3 is 0 Å². The highest BCUT2D eigenvalue weighted by atomic mass is 16.5. The number of amides is 1. The lowest BCUT2D eigenvalue weighted by atomic mass is 10.1. The molecule has 0 radical (unpaired) electrons. The predicted molar refractivity (Wildman–Crippen MR) is 141 cm³/mol. The number of nitrogens with one attached hydrogen (secondary N) is 1. The van der Waals surface area contributed by atoms with Crippen molar-refractivity contribution in [3.05, 3.63) is 83.7 Å². The second-order valence-electron chi connectivity index (χ2n) is 8.70. The molecule has 36 heavy (non-hydrogen) atoms. The number of aryl methyl sites for hydroxylation is 3. The third kappa shape index (κ3) is 6.56. The van der Waals surface area contributed by atoms with Crippen molar-refractivity contribution in [3.63, 3.8) is 0 Å². The lowest BCUT2D eigenvalue weighted by molar-refractivity contribution is -0.123. The van der Waals surface area contributed by atoms with Gasteiger partial charge in [0.05, 0.1) is 24.8 Å². The second-order valence-corrected chi connectivity index (χ2v) is 8.70. The molecule has 4 rings (SSSR count). The lowest BCUT2D eigenvalue weighted by Gasteiger charge is -2.12. The molecule has 0 unspecified atom stereocenters. The number of carbonyl (C=O) groups is 1. The first kappa shape index (κ1) is 25.1. The smallest absolute Gasteiger partial charge is 0.257 e. The Morgan fingerprint density at radius 3 is 2.56 bits per heavy atom. The number of hydrogen-bond donors (Lipinski definition) is 1. The summed E-state index contributed by atoms with van der Waals surface area (Å²) < 4.78 is 19.0. The topological polar surface area (TPSA) is 74.6 Å². The highest BCUT2D eigenvalue weighted by molar-refractivity contribution is 5.78.